The highest BCUT2D eigenvalue weighted by molar-refractivity contribution is 5.85. The second-order valence-electron chi connectivity index (χ2n) is 3.96. The first-order chi connectivity index (χ1) is 6.74. The summed E-state index contributed by atoms with van der Waals surface area (Å²) < 4.78 is 4.81. The first-order valence-corrected chi connectivity index (χ1v) is 5.26. The molecule has 0 aromatic rings. The van der Waals surface area contributed by atoms with E-state index in [1.807, 2.05) is 0 Å². The molecular weight excluding hydrogens is 216 g/mol. The molecule has 1 saturated carbocycles. The quantitative estimate of drug-likeness (QED) is 0.738. The van der Waals surface area contributed by atoms with E-state index in [0.717, 1.165) is 6.54 Å². The lowest BCUT2D eigenvalue weighted by Gasteiger charge is -2.14. The predicted octanol–water partition coefficient (Wildman–Crippen LogP) is 0.688. The molecular formula is C10H21ClN2O2. The lowest BCUT2D eigenvalue weighted by atomic mass is 10.1. The fourth-order valence-corrected chi connectivity index (χ4v) is 1.85. The third-order valence-corrected chi connectivity index (χ3v) is 2.72. The zero-order chi connectivity index (χ0) is 10.4. The van der Waals surface area contributed by atoms with Gasteiger partial charge in [-0.05, 0) is 18.8 Å². The second-order valence-corrected chi connectivity index (χ2v) is 3.96. The molecule has 0 spiro atoms. The average molecular weight is 237 g/mol. The number of nitrogens with two attached hydrogens (primary N) is 1. The number of hydrogen-bond acceptors (Lipinski definition) is 3. The van der Waals surface area contributed by atoms with Gasteiger partial charge < -0.3 is 15.8 Å². The highest BCUT2D eigenvalue weighted by atomic mass is 35.5. The number of rotatable bonds is 5. The number of halogens is 1. The van der Waals surface area contributed by atoms with Gasteiger partial charge in [0.1, 0.15) is 6.04 Å². The van der Waals surface area contributed by atoms with E-state index in [0.29, 0.717) is 5.92 Å². The van der Waals surface area contributed by atoms with Gasteiger partial charge in [-0.2, -0.15) is 0 Å². The topological polar surface area (TPSA) is 64.3 Å². The molecule has 15 heavy (non-hydrogen) atoms. The standard InChI is InChI=1S/C10H20N2O2.ClH/c1-14-7-9(11)10(13)12-6-8-4-2-3-5-8;/h8-9H,2-7,11H2,1H3,(H,12,13);1H. The molecule has 1 fully saturated rings. The Labute approximate surface area is 97.3 Å². The summed E-state index contributed by atoms with van der Waals surface area (Å²) in [6.45, 7) is 1.06. The smallest absolute Gasteiger partial charge is 0.239 e. The lowest BCUT2D eigenvalue weighted by Crippen LogP contribution is -2.44. The van der Waals surface area contributed by atoms with E-state index in [9.17, 15) is 4.79 Å². The number of nitrogens with one attached hydrogen (secondary N) is 1. The van der Waals surface area contributed by atoms with E-state index in [-0.39, 0.29) is 24.9 Å². The second kappa shape index (κ2) is 7.91. The Kier molecular flexibility index (Phi) is 7.74. The maximum atomic E-state index is 11.4. The normalized spacial score (nSPS) is 18.3. The van der Waals surface area contributed by atoms with Crippen molar-refractivity contribution in [2.75, 3.05) is 20.3 Å². The molecule has 5 heteroatoms. The third kappa shape index (κ3) is 5.35. The number of methoxy groups -OCH3 is 1. The van der Waals surface area contributed by atoms with Crippen LogP contribution >= 0.6 is 12.4 Å². The van der Waals surface area contributed by atoms with Crippen molar-refractivity contribution in [1.82, 2.24) is 5.32 Å². The van der Waals surface area contributed by atoms with Gasteiger partial charge in [0.15, 0.2) is 0 Å². The SMILES string of the molecule is COCC(N)C(=O)NCC1CCCC1.Cl. The molecule has 1 aliphatic rings. The largest absolute Gasteiger partial charge is 0.383 e. The minimum absolute atomic E-state index is 0. The molecule has 1 amide bonds. The third-order valence-electron chi connectivity index (χ3n) is 2.72. The van der Waals surface area contributed by atoms with Crippen LogP contribution in [0.5, 0.6) is 0 Å². The van der Waals surface area contributed by atoms with E-state index in [1.54, 1.807) is 7.11 Å². The molecule has 0 radical (unpaired) electrons. The van der Waals surface area contributed by atoms with Crippen LogP contribution < -0.4 is 11.1 Å². The van der Waals surface area contributed by atoms with Crippen LogP contribution in [0.15, 0.2) is 0 Å². The molecule has 4 nitrogen and oxygen atoms in total. The molecule has 3 N–H and O–H groups in total. The summed E-state index contributed by atoms with van der Waals surface area (Å²) in [5.74, 6) is 0.562. The van der Waals surface area contributed by atoms with Crippen molar-refractivity contribution in [3.63, 3.8) is 0 Å². The Hall–Kier alpha value is -0.320. The fourth-order valence-electron chi connectivity index (χ4n) is 1.85. The molecule has 0 aromatic carbocycles. The van der Waals surface area contributed by atoms with E-state index in [1.165, 1.54) is 25.7 Å². The average Bonchev–Trinajstić information content (AvgIpc) is 2.67. The van der Waals surface area contributed by atoms with Crippen molar-refractivity contribution in [2.24, 2.45) is 11.7 Å². The van der Waals surface area contributed by atoms with Crippen molar-refractivity contribution in [1.29, 1.82) is 0 Å². The molecule has 1 rings (SSSR count). The van der Waals surface area contributed by atoms with Gasteiger partial charge in [0.05, 0.1) is 6.61 Å². The number of carbonyl (C=O) groups is 1. The zero-order valence-corrected chi connectivity index (χ0v) is 10.0. The van der Waals surface area contributed by atoms with Crippen LogP contribution in [-0.2, 0) is 9.53 Å². The maximum Gasteiger partial charge on any atom is 0.239 e. The van der Waals surface area contributed by atoms with Gasteiger partial charge in [-0.25, -0.2) is 0 Å². The van der Waals surface area contributed by atoms with Gasteiger partial charge in [-0.3, -0.25) is 4.79 Å². The Bertz CT molecular complexity index is 184. The van der Waals surface area contributed by atoms with Crippen LogP contribution in [0.25, 0.3) is 0 Å². The van der Waals surface area contributed by atoms with Crippen molar-refractivity contribution < 1.29 is 9.53 Å². The molecule has 1 atom stereocenters. The first kappa shape index (κ1) is 14.7. The molecule has 1 aliphatic carbocycles. The predicted molar refractivity (Wildman–Crippen MR) is 62.1 cm³/mol. The Balaban J connectivity index is 0.00000196. The molecule has 0 bridgehead atoms. The summed E-state index contributed by atoms with van der Waals surface area (Å²) in [6.07, 6.45) is 5.06. The van der Waals surface area contributed by atoms with Crippen molar-refractivity contribution in [3.05, 3.63) is 0 Å². The van der Waals surface area contributed by atoms with E-state index < -0.39 is 6.04 Å². The highest BCUT2D eigenvalue weighted by Crippen LogP contribution is 2.23. The molecule has 0 aliphatic heterocycles. The Morgan fingerprint density at radius 3 is 2.67 bits per heavy atom. The van der Waals surface area contributed by atoms with Crippen LogP contribution in [-0.4, -0.2) is 32.2 Å². The molecule has 0 heterocycles. The van der Waals surface area contributed by atoms with E-state index >= 15 is 0 Å². The number of ether oxygens (including phenoxy) is 1. The van der Waals surface area contributed by atoms with Gasteiger partial charge in [0.2, 0.25) is 5.91 Å². The number of carbonyl (C=O) groups excluding carboxylic acids is 1. The first-order valence-electron chi connectivity index (χ1n) is 5.26. The summed E-state index contributed by atoms with van der Waals surface area (Å²) in [6, 6.07) is -0.526. The maximum absolute atomic E-state index is 11.4. The highest BCUT2D eigenvalue weighted by Gasteiger charge is 2.18. The van der Waals surface area contributed by atoms with E-state index in [2.05, 4.69) is 5.32 Å². The van der Waals surface area contributed by atoms with Crippen molar-refractivity contribution in [3.8, 4) is 0 Å². The molecule has 0 saturated heterocycles. The van der Waals surface area contributed by atoms with Crippen molar-refractivity contribution >= 4 is 18.3 Å². The number of amides is 1. The Morgan fingerprint density at radius 2 is 2.13 bits per heavy atom. The summed E-state index contributed by atoms with van der Waals surface area (Å²) in [5.41, 5.74) is 5.58. The zero-order valence-electron chi connectivity index (χ0n) is 9.20. The molecule has 0 aromatic heterocycles. The van der Waals surface area contributed by atoms with Crippen LogP contribution in [0.1, 0.15) is 25.7 Å². The molecule has 90 valence electrons. The fraction of sp³-hybridized carbons (Fsp3) is 0.900. The van der Waals surface area contributed by atoms with Gasteiger partial charge in [-0.1, -0.05) is 12.8 Å². The summed E-state index contributed by atoms with van der Waals surface area (Å²) in [7, 11) is 1.55. The van der Waals surface area contributed by atoms with Crippen LogP contribution in [0.4, 0.5) is 0 Å². The molecule has 1 unspecified atom stereocenters. The van der Waals surface area contributed by atoms with Gasteiger partial charge in [0.25, 0.3) is 0 Å². The van der Waals surface area contributed by atoms with Gasteiger partial charge >= 0.3 is 0 Å². The van der Waals surface area contributed by atoms with Gasteiger partial charge in [0, 0.05) is 13.7 Å². The number of hydrogen-bond donors (Lipinski definition) is 2. The van der Waals surface area contributed by atoms with Gasteiger partial charge in [-0.15, -0.1) is 12.4 Å². The minimum atomic E-state index is -0.526. The van der Waals surface area contributed by atoms with Crippen LogP contribution in [0.3, 0.4) is 0 Å². The van der Waals surface area contributed by atoms with Crippen LogP contribution in [0, 0.1) is 5.92 Å². The monoisotopic (exact) mass is 236 g/mol. The summed E-state index contributed by atoms with van der Waals surface area (Å²) in [5, 5.41) is 2.87. The van der Waals surface area contributed by atoms with E-state index in [4.69, 9.17) is 10.5 Å². The summed E-state index contributed by atoms with van der Waals surface area (Å²) in [4.78, 5) is 11.4. The lowest BCUT2D eigenvalue weighted by molar-refractivity contribution is -0.123. The minimum Gasteiger partial charge on any atom is -0.383 e. The van der Waals surface area contributed by atoms with Crippen molar-refractivity contribution in [2.45, 2.75) is 31.7 Å². The summed E-state index contributed by atoms with van der Waals surface area (Å²) >= 11 is 0. The van der Waals surface area contributed by atoms with Crippen LogP contribution in [0.2, 0.25) is 0 Å². The Morgan fingerprint density at radius 1 is 1.53 bits per heavy atom.